The van der Waals surface area contributed by atoms with E-state index in [4.69, 9.17) is 4.74 Å². The van der Waals surface area contributed by atoms with E-state index < -0.39 is 0 Å². The first-order chi connectivity index (χ1) is 9.29. The molecule has 0 radical (unpaired) electrons. The molecule has 0 aromatic carbocycles. The van der Waals surface area contributed by atoms with Crippen LogP contribution in [0.3, 0.4) is 0 Å². The lowest BCUT2D eigenvalue weighted by Crippen LogP contribution is -2.48. The van der Waals surface area contributed by atoms with E-state index >= 15 is 0 Å². The van der Waals surface area contributed by atoms with Gasteiger partial charge in [-0.15, -0.1) is 0 Å². The summed E-state index contributed by atoms with van der Waals surface area (Å²) in [7, 11) is 0. The molecule has 2 atom stereocenters. The topological polar surface area (TPSA) is 21.3 Å². The van der Waals surface area contributed by atoms with E-state index in [-0.39, 0.29) is 5.60 Å². The first kappa shape index (κ1) is 15.7. The lowest BCUT2D eigenvalue weighted by molar-refractivity contribution is -0.120. The van der Waals surface area contributed by atoms with Crippen LogP contribution in [0.25, 0.3) is 0 Å². The first-order valence-corrected chi connectivity index (χ1v) is 9.55. The Morgan fingerprint density at radius 2 is 2.11 bits per heavy atom. The summed E-state index contributed by atoms with van der Waals surface area (Å²) >= 11 is 1.99. The molecule has 1 saturated carbocycles. The van der Waals surface area contributed by atoms with E-state index in [1.165, 1.54) is 57.1 Å². The van der Waals surface area contributed by atoms with E-state index in [2.05, 4.69) is 18.5 Å². The molecular weight excluding hydrogens is 254 g/mol. The predicted octanol–water partition coefficient (Wildman–Crippen LogP) is 3.85. The van der Waals surface area contributed by atoms with Crippen molar-refractivity contribution in [2.24, 2.45) is 5.92 Å². The van der Waals surface area contributed by atoms with Gasteiger partial charge < -0.3 is 10.1 Å². The average Bonchev–Trinajstić information content (AvgIpc) is 2.44. The molecule has 19 heavy (non-hydrogen) atoms. The van der Waals surface area contributed by atoms with Crippen LogP contribution >= 0.6 is 11.8 Å². The molecule has 1 aliphatic carbocycles. The third-order valence-electron chi connectivity index (χ3n) is 4.87. The van der Waals surface area contributed by atoms with Crippen LogP contribution in [-0.4, -0.2) is 36.8 Å². The van der Waals surface area contributed by atoms with Crippen molar-refractivity contribution < 1.29 is 4.74 Å². The molecule has 2 fully saturated rings. The molecule has 0 aromatic rings. The number of hydrogen-bond acceptors (Lipinski definition) is 3. The van der Waals surface area contributed by atoms with Gasteiger partial charge in [0.05, 0.1) is 5.60 Å². The van der Waals surface area contributed by atoms with Crippen molar-refractivity contribution in [2.75, 3.05) is 25.2 Å². The number of ether oxygens (including phenoxy) is 1. The van der Waals surface area contributed by atoms with Gasteiger partial charge in [0.1, 0.15) is 0 Å². The summed E-state index contributed by atoms with van der Waals surface area (Å²) < 4.78 is 6.23. The standard InChI is InChI=1S/C16H31NOS/c1-3-10-17-15(13-19-2)14-7-11-18-16(12-14)8-5-4-6-9-16/h14-15,17H,3-13H2,1-2H3. The molecule has 0 bridgehead atoms. The highest BCUT2D eigenvalue weighted by atomic mass is 32.2. The summed E-state index contributed by atoms with van der Waals surface area (Å²) in [4.78, 5) is 0. The highest BCUT2D eigenvalue weighted by Gasteiger charge is 2.40. The third-order valence-corrected chi connectivity index (χ3v) is 5.56. The summed E-state index contributed by atoms with van der Waals surface area (Å²) in [5.74, 6) is 2.08. The van der Waals surface area contributed by atoms with Gasteiger partial charge in [0, 0.05) is 18.4 Å². The van der Waals surface area contributed by atoms with Crippen molar-refractivity contribution in [1.82, 2.24) is 5.32 Å². The summed E-state index contributed by atoms with van der Waals surface area (Å²) in [6, 6.07) is 0.692. The van der Waals surface area contributed by atoms with Crippen molar-refractivity contribution in [3.05, 3.63) is 0 Å². The van der Waals surface area contributed by atoms with Gasteiger partial charge in [-0.3, -0.25) is 0 Å². The maximum atomic E-state index is 6.23. The fraction of sp³-hybridized carbons (Fsp3) is 1.00. The molecule has 2 unspecified atom stereocenters. The Labute approximate surface area is 123 Å². The molecular formula is C16H31NOS. The second kappa shape index (κ2) is 7.90. The molecule has 1 N–H and O–H groups in total. The van der Waals surface area contributed by atoms with Gasteiger partial charge in [-0.1, -0.05) is 26.2 Å². The van der Waals surface area contributed by atoms with Gasteiger partial charge in [0.15, 0.2) is 0 Å². The molecule has 2 nitrogen and oxygen atoms in total. The minimum Gasteiger partial charge on any atom is -0.375 e. The molecule has 1 aliphatic heterocycles. The zero-order valence-electron chi connectivity index (χ0n) is 12.7. The smallest absolute Gasteiger partial charge is 0.0685 e. The SMILES string of the molecule is CCCNC(CSC)C1CCOC2(CCCCC2)C1. The summed E-state index contributed by atoms with van der Waals surface area (Å²) in [5.41, 5.74) is 0.256. The van der Waals surface area contributed by atoms with Gasteiger partial charge in [0.2, 0.25) is 0 Å². The molecule has 112 valence electrons. The molecule has 0 aromatic heterocycles. The Morgan fingerprint density at radius 3 is 2.79 bits per heavy atom. The van der Waals surface area contributed by atoms with E-state index in [0.717, 1.165) is 19.1 Å². The van der Waals surface area contributed by atoms with Crippen LogP contribution in [0.1, 0.15) is 58.3 Å². The first-order valence-electron chi connectivity index (χ1n) is 8.16. The minimum atomic E-state index is 0.256. The Bertz CT molecular complexity index is 248. The summed E-state index contributed by atoms with van der Waals surface area (Å²) in [5, 5.41) is 3.79. The van der Waals surface area contributed by atoms with E-state index in [9.17, 15) is 0 Å². The summed E-state index contributed by atoms with van der Waals surface area (Å²) in [6.45, 7) is 4.41. The predicted molar refractivity (Wildman–Crippen MR) is 85.0 cm³/mol. The van der Waals surface area contributed by atoms with Gasteiger partial charge in [-0.25, -0.2) is 0 Å². The molecule has 2 rings (SSSR count). The minimum absolute atomic E-state index is 0.256. The molecule has 2 aliphatic rings. The van der Waals surface area contributed by atoms with Gasteiger partial charge in [-0.2, -0.15) is 11.8 Å². The Hall–Kier alpha value is 0.270. The van der Waals surface area contributed by atoms with Crippen LogP contribution in [0.5, 0.6) is 0 Å². The second-order valence-corrected chi connectivity index (χ2v) is 7.27. The number of hydrogen-bond donors (Lipinski definition) is 1. The molecule has 0 amide bonds. The van der Waals surface area contributed by atoms with Gasteiger partial charge in [-0.05, 0) is 50.8 Å². The fourth-order valence-corrected chi connectivity index (χ4v) is 4.57. The van der Waals surface area contributed by atoms with Crippen LogP contribution in [-0.2, 0) is 4.74 Å². The lowest BCUT2D eigenvalue weighted by Gasteiger charge is -2.45. The maximum Gasteiger partial charge on any atom is 0.0685 e. The number of rotatable bonds is 6. The average molecular weight is 285 g/mol. The van der Waals surface area contributed by atoms with Crippen LogP contribution in [0, 0.1) is 5.92 Å². The summed E-state index contributed by atoms with van der Waals surface area (Å²) in [6.07, 6.45) is 12.8. The molecule has 1 heterocycles. The highest BCUT2D eigenvalue weighted by Crippen LogP contribution is 2.41. The van der Waals surface area contributed by atoms with Crippen LogP contribution in [0.4, 0.5) is 0 Å². The highest BCUT2D eigenvalue weighted by molar-refractivity contribution is 7.98. The normalized spacial score (nSPS) is 28.4. The van der Waals surface area contributed by atoms with Crippen LogP contribution in [0.2, 0.25) is 0 Å². The van der Waals surface area contributed by atoms with Crippen molar-refractivity contribution in [3.8, 4) is 0 Å². The van der Waals surface area contributed by atoms with Gasteiger partial charge in [0.25, 0.3) is 0 Å². The monoisotopic (exact) mass is 285 g/mol. The largest absolute Gasteiger partial charge is 0.375 e. The molecule has 1 spiro atoms. The number of nitrogens with one attached hydrogen (secondary N) is 1. The fourth-order valence-electron chi connectivity index (χ4n) is 3.82. The van der Waals surface area contributed by atoms with E-state index in [0.29, 0.717) is 6.04 Å². The van der Waals surface area contributed by atoms with Crippen LogP contribution in [0.15, 0.2) is 0 Å². The second-order valence-electron chi connectivity index (χ2n) is 6.36. The Balaban J connectivity index is 1.93. The molecule has 3 heteroatoms. The zero-order chi connectivity index (χ0) is 13.6. The Morgan fingerprint density at radius 1 is 1.32 bits per heavy atom. The van der Waals surface area contributed by atoms with Crippen molar-refractivity contribution in [3.63, 3.8) is 0 Å². The zero-order valence-corrected chi connectivity index (χ0v) is 13.6. The van der Waals surface area contributed by atoms with Crippen molar-refractivity contribution in [1.29, 1.82) is 0 Å². The quantitative estimate of drug-likeness (QED) is 0.801. The van der Waals surface area contributed by atoms with E-state index in [1.54, 1.807) is 0 Å². The molecule has 1 saturated heterocycles. The Kier molecular flexibility index (Phi) is 6.51. The maximum absolute atomic E-state index is 6.23. The van der Waals surface area contributed by atoms with Crippen LogP contribution < -0.4 is 5.32 Å². The van der Waals surface area contributed by atoms with Gasteiger partial charge >= 0.3 is 0 Å². The third kappa shape index (κ3) is 4.37. The lowest BCUT2D eigenvalue weighted by atomic mass is 9.74. The van der Waals surface area contributed by atoms with Crippen molar-refractivity contribution >= 4 is 11.8 Å². The van der Waals surface area contributed by atoms with Crippen molar-refractivity contribution in [2.45, 2.75) is 69.9 Å². The number of thioether (sulfide) groups is 1. The van der Waals surface area contributed by atoms with E-state index in [1.807, 2.05) is 11.8 Å².